The van der Waals surface area contributed by atoms with Crippen LogP contribution in [0.1, 0.15) is 42.2 Å². The normalized spacial score (nSPS) is 8.39. The highest BCUT2D eigenvalue weighted by Gasteiger charge is 2.07. The first-order valence-electron chi connectivity index (χ1n) is 14.3. The number of nitrogens with one attached hydrogen (secondary N) is 1. The Balaban J connectivity index is 0. The second kappa shape index (κ2) is 31.7. The van der Waals surface area contributed by atoms with Crippen molar-refractivity contribution in [2.75, 3.05) is 11.1 Å². The standard InChI is InChI=1S/C15H10FNO.C8H7N.C7H4ClFO.C7H5FO2.3O2S/c1-2-11-5-3-8-14(9-11)17-15(18)12-6-4-7-13(16)10-12;1-2-7-4-3-5-8(9)6-7;8-7(10)5-2-1-3-6(9)4-5;8-6-3-1-2-5(4-6)7(9)10;3*1-3-2/h1,3-10H,(H,17,18);1,3-6H,9H2;1-4H;1-4H,(H,9,10);;;. The van der Waals surface area contributed by atoms with E-state index in [-0.39, 0.29) is 22.6 Å². The van der Waals surface area contributed by atoms with Gasteiger partial charge in [0, 0.05) is 33.6 Å². The number of carboxylic acids is 1. The molecule has 12 nitrogen and oxygen atoms in total. The number of amides is 1. The summed E-state index contributed by atoms with van der Waals surface area (Å²) in [5, 5.41) is 10.4. The topological polar surface area (TPSA) is 212 Å². The van der Waals surface area contributed by atoms with Crippen molar-refractivity contribution in [2.24, 2.45) is 0 Å². The molecule has 5 rings (SSSR count). The zero-order chi connectivity index (χ0) is 42.9. The Labute approximate surface area is 333 Å². The van der Waals surface area contributed by atoms with E-state index in [0.29, 0.717) is 16.9 Å². The van der Waals surface area contributed by atoms with Crippen molar-refractivity contribution in [2.45, 2.75) is 0 Å². The highest BCUT2D eigenvalue weighted by Crippen LogP contribution is 2.12. The molecule has 19 heteroatoms. The van der Waals surface area contributed by atoms with E-state index in [0.717, 1.165) is 17.7 Å². The molecule has 1 amide bonds. The first-order valence-corrected chi connectivity index (χ1v) is 16.7. The smallest absolute Gasteiger partial charge is 0.335 e. The summed E-state index contributed by atoms with van der Waals surface area (Å²) in [5.41, 5.74) is 8.66. The molecule has 0 saturated carbocycles. The second-order valence-electron chi connectivity index (χ2n) is 9.26. The van der Waals surface area contributed by atoms with Gasteiger partial charge in [-0.05, 0) is 103 Å². The summed E-state index contributed by atoms with van der Waals surface area (Å²) in [6.07, 6.45) is 10.4. The van der Waals surface area contributed by atoms with E-state index in [1.165, 1.54) is 54.6 Å². The Morgan fingerprint density at radius 1 is 0.589 bits per heavy atom. The van der Waals surface area contributed by atoms with Crippen molar-refractivity contribution in [1.82, 2.24) is 0 Å². The van der Waals surface area contributed by atoms with Crippen molar-refractivity contribution in [3.8, 4) is 24.7 Å². The van der Waals surface area contributed by atoms with Crippen LogP contribution in [0.15, 0.2) is 121 Å². The molecule has 0 fully saturated rings. The molecule has 56 heavy (non-hydrogen) atoms. The van der Waals surface area contributed by atoms with Crippen LogP contribution >= 0.6 is 11.6 Å². The molecule has 5 aromatic rings. The van der Waals surface area contributed by atoms with E-state index in [1.807, 2.05) is 12.1 Å². The Hall–Kier alpha value is -6.83. The van der Waals surface area contributed by atoms with Gasteiger partial charge in [-0.3, -0.25) is 9.59 Å². The lowest BCUT2D eigenvalue weighted by atomic mass is 10.2. The molecule has 290 valence electrons. The van der Waals surface area contributed by atoms with Gasteiger partial charge >= 0.3 is 40.7 Å². The first kappa shape index (κ1) is 51.3. The lowest BCUT2D eigenvalue weighted by Crippen LogP contribution is -2.12. The Bertz CT molecular complexity index is 2170. The molecule has 5 aromatic carbocycles. The number of carboxylic acid groups (broad SMARTS) is 1. The number of nitrogens with two attached hydrogens (primary N) is 1. The van der Waals surface area contributed by atoms with Gasteiger partial charge in [-0.25, -0.2) is 18.0 Å². The van der Waals surface area contributed by atoms with Crippen LogP contribution in [0.3, 0.4) is 0 Å². The minimum atomic E-state index is -1.11. The van der Waals surface area contributed by atoms with Gasteiger partial charge in [0.25, 0.3) is 11.1 Å². The molecule has 4 N–H and O–H groups in total. The Kier molecular flexibility index (Phi) is 29.0. The van der Waals surface area contributed by atoms with Crippen molar-refractivity contribution >= 4 is 74.8 Å². The number of benzene rings is 5. The van der Waals surface area contributed by atoms with Gasteiger partial charge in [-0.2, -0.15) is 25.3 Å². The van der Waals surface area contributed by atoms with Crippen LogP contribution in [0.4, 0.5) is 24.5 Å². The third kappa shape index (κ3) is 25.2. The van der Waals surface area contributed by atoms with E-state index in [4.69, 9.17) is 60.5 Å². The average molecular weight is 847 g/mol. The Morgan fingerprint density at radius 2 is 0.964 bits per heavy atom. The van der Waals surface area contributed by atoms with Gasteiger partial charge in [-0.1, -0.05) is 42.2 Å². The molecule has 0 aromatic heterocycles. The van der Waals surface area contributed by atoms with E-state index in [9.17, 15) is 27.6 Å². The number of anilines is 2. The molecule has 0 spiro atoms. The number of hydrogen-bond acceptors (Lipinski definition) is 10. The lowest BCUT2D eigenvalue weighted by molar-refractivity contribution is 0.0695. The van der Waals surface area contributed by atoms with Crippen molar-refractivity contribution in [3.63, 3.8) is 0 Å². The second-order valence-corrected chi connectivity index (χ2v) is 10.0. The minimum Gasteiger partial charge on any atom is -0.478 e. The van der Waals surface area contributed by atoms with Gasteiger partial charge in [0.15, 0.2) is 0 Å². The quantitative estimate of drug-likeness (QED) is 0.108. The molecule has 0 radical (unpaired) electrons. The molecule has 0 aliphatic carbocycles. The number of carbonyl (C=O) groups is 3. The minimum absolute atomic E-state index is 0.0278. The molecule has 0 aliphatic heterocycles. The molecule has 0 saturated heterocycles. The third-order valence-corrected chi connectivity index (χ3v) is 5.77. The van der Waals surface area contributed by atoms with Crippen LogP contribution in [0.2, 0.25) is 0 Å². The molecule has 0 aliphatic rings. The van der Waals surface area contributed by atoms with Crippen LogP contribution in [-0.4, -0.2) is 47.5 Å². The zero-order valence-electron chi connectivity index (χ0n) is 28.1. The number of terminal acetylenes is 2. The summed E-state index contributed by atoms with van der Waals surface area (Å²) in [7, 11) is 0. The van der Waals surface area contributed by atoms with Crippen LogP contribution in [0.5, 0.6) is 0 Å². The van der Waals surface area contributed by atoms with Crippen molar-refractivity contribution in [1.29, 1.82) is 0 Å². The molecule has 0 atom stereocenters. The van der Waals surface area contributed by atoms with Gasteiger partial charge in [-0.15, -0.1) is 12.8 Å². The number of carbonyl (C=O) groups excluding carboxylic acids is 2. The third-order valence-electron chi connectivity index (χ3n) is 5.55. The fourth-order valence-corrected chi connectivity index (χ4v) is 3.50. The monoisotopic (exact) mass is 846 g/mol. The molecule has 0 heterocycles. The van der Waals surface area contributed by atoms with E-state index >= 15 is 0 Å². The van der Waals surface area contributed by atoms with Crippen LogP contribution in [0.25, 0.3) is 0 Å². The first-order chi connectivity index (χ1) is 26.7. The van der Waals surface area contributed by atoms with Gasteiger partial charge in [0.1, 0.15) is 17.5 Å². The maximum Gasteiger partial charge on any atom is 0.335 e. The highest BCUT2D eigenvalue weighted by molar-refractivity contribution is 7.52. The summed E-state index contributed by atoms with van der Waals surface area (Å²) in [6.45, 7) is 0. The SMILES string of the molecule is C#Cc1cccc(N)c1.C#Cc1cccc(NC(=O)c2cccc(F)c2)c1.O=C(Cl)c1cccc(F)c1.O=C(O)c1cccc(F)c1.O=S=O.O=S=O.O=S=O. The predicted molar refractivity (Wildman–Crippen MR) is 204 cm³/mol. The van der Waals surface area contributed by atoms with Crippen LogP contribution < -0.4 is 11.1 Å². The van der Waals surface area contributed by atoms with E-state index in [1.54, 1.807) is 42.5 Å². The summed E-state index contributed by atoms with van der Waals surface area (Å²) in [6, 6.07) is 29.8. The maximum absolute atomic E-state index is 13.0. The van der Waals surface area contributed by atoms with Crippen LogP contribution in [-0.2, 0) is 34.7 Å². The summed E-state index contributed by atoms with van der Waals surface area (Å²) < 4.78 is 87.3. The number of rotatable bonds is 4. The van der Waals surface area contributed by atoms with E-state index in [2.05, 4.69) is 17.2 Å². The lowest BCUT2D eigenvalue weighted by Gasteiger charge is -2.05. The van der Waals surface area contributed by atoms with E-state index < -0.39 is 63.4 Å². The van der Waals surface area contributed by atoms with Crippen LogP contribution in [0, 0.1) is 42.1 Å². The summed E-state index contributed by atoms with van der Waals surface area (Å²) in [4.78, 5) is 32.4. The zero-order valence-corrected chi connectivity index (χ0v) is 31.3. The van der Waals surface area contributed by atoms with Gasteiger partial charge in [0.2, 0.25) is 0 Å². The molecular formula is C37H26ClF3N2O10S3. The van der Waals surface area contributed by atoms with Gasteiger partial charge < -0.3 is 16.2 Å². The fraction of sp³-hybridized carbons (Fsp3) is 0. The number of nitrogen functional groups attached to an aromatic ring is 1. The van der Waals surface area contributed by atoms with Crippen molar-refractivity contribution < 1.29 is 57.9 Å². The number of aromatic carboxylic acids is 1. The van der Waals surface area contributed by atoms with Crippen molar-refractivity contribution in [3.05, 3.63) is 167 Å². The summed E-state index contributed by atoms with van der Waals surface area (Å²) >= 11 is 2.82. The highest BCUT2D eigenvalue weighted by atomic mass is 35.5. The fourth-order valence-electron chi connectivity index (χ4n) is 3.38. The largest absolute Gasteiger partial charge is 0.478 e. The number of hydrogen-bond donors (Lipinski definition) is 3. The predicted octanol–water partition coefficient (Wildman–Crippen LogP) is 6.03. The van der Waals surface area contributed by atoms with Gasteiger partial charge in [0.05, 0.1) is 5.56 Å². The number of halogens is 4. The maximum atomic E-state index is 13.0. The molecular weight excluding hydrogens is 821 g/mol. The molecule has 0 bridgehead atoms. The Morgan fingerprint density at radius 3 is 1.32 bits per heavy atom. The average Bonchev–Trinajstić information content (AvgIpc) is 3.16. The summed E-state index contributed by atoms with van der Waals surface area (Å²) in [5.74, 6) is 2.06. The molecule has 0 unspecified atom stereocenters.